The van der Waals surface area contributed by atoms with Crippen LogP contribution in [-0.2, 0) is 11.3 Å². The highest BCUT2D eigenvalue weighted by molar-refractivity contribution is 5.94. The highest BCUT2D eigenvalue weighted by Crippen LogP contribution is 2.22. The second kappa shape index (κ2) is 7.93. The van der Waals surface area contributed by atoms with Crippen LogP contribution in [0.15, 0.2) is 42.5 Å². The minimum absolute atomic E-state index is 0.0218. The summed E-state index contributed by atoms with van der Waals surface area (Å²) in [7, 11) is 0. The molecule has 122 valence electrons. The van der Waals surface area contributed by atoms with Crippen molar-refractivity contribution in [1.82, 2.24) is 0 Å². The molecule has 0 N–H and O–H groups in total. The molecule has 2 rings (SSSR count). The van der Waals surface area contributed by atoms with Crippen LogP contribution in [-0.4, -0.2) is 18.4 Å². The van der Waals surface area contributed by atoms with Gasteiger partial charge in [-0.05, 0) is 50.2 Å². The Balaban J connectivity index is 2.17. The largest absolute Gasteiger partial charge is 0.493 e. The predicted octanol–water partition coefficient (Wildman–Crippen LogP) is 3.52. The third-order valence-electron chi connectivity index (χ3n) is 3.35. The molecular weight excluding hydrogens is 306 g/mol. The summed E-state index contributed by atoms with van der Waals surface area (Å²) in [5, 5.41) is 8.88. The maximum absolute atomic E-state index is 12.1. The Bertz CT molecular complexity index is 805. The summed E-state index contributed by atoms with van der Waals surface area (Å²) in [4.78, 5) is 23.7. The van der Waals surface area contributed by atoms with Gasteiger partial charge >= 0.3 is 5.97 Å². The number of ether oxygens (including phenoxy) is 2. The van der Waals surface area contributed by atoms with Crippen LogP contribution in [0.4, 0.5) is 0 Å². The van der Waals surface area contributed by atoms with Gasteiger partial charge in [-0.2, -0.15) is 5.26 Å². The SMILES string of the molecule is CCOc1ccc(C(C)=O)cc1COC(=O)c1cccc(C#N)c1. The number of carbonyl (C=O) groups is 2. The van der Waals surface area contributed by atoms with Gasteiger partial charge in [-0.25, -0.2) is 4.79 Å². The molecule has 0 atom stereocenters. The molecule has 0 fully saturated rings. The number of carbonyl (C=O) groups excluding carboxylic acids is 2. The van der Waals surface area contributed by atoms with E-state index in [2.05, 4.69) is 0 Å². The number of benzene rings is 2. The van der Waals surface area contributed by atoms with Gasteiger partial charge in [0.25, 0.3) is 0 Å². The molecule has 0 aliphatic rings. The molecular formula is C19H17NO4. The summed E-state index contributed by atoms with van der Waals surface area (Å²) >= 11 is 0. The maximum Gasteiger partial charge on any atom is 0.338 e. The van der Waals surface area contributed by atoms with Crippen LogP contribution in [0.1, 0.15) is 45.7 Å². The molecule has 0 amide bonds. The van der Waals surface area contributed by atoms with E-state index in [-0.39, 0.29) is 12.4 Å². The van der Waals surface area contributed by atoms with E-state index in [1.54, 1.807) is 36.4 Å². The Hall–Kier alpha value is -3.13. The second-order valence-electron chi connectivity index (χ2n) is 5.08. The molecule has 24 heavy (non-hydrogen) atoms. The number of hydrogen-bond acceptors (Lipinski definition) is 5. The summed E-state index contributed by atoms with van der Waals surface area (Å²) < 4.78 is 10.8. The summed E-state index contributed by atoms with van der Waals surface area (Å²) in [5.74, 6) is -0.0452. The monoisotopic (exact) mass is 323 g/mol. The van der Waals surface area contributed by atoms with E-state index in [0.717, 1.165) is 0 Å². The van der Waals surface area contributed by atoms with Gasteiger partial charge in [0.1, 0.15) is 12.4 Å². The summed E-state index contributed by atoms with van der Waals surface area (Å²) in [6.45, 7) is 3.76. The quantitative estimate of drug-likeness (QED) is 0.600. The van der Waals surface area contributed by atoms with Crippen molar-refractivity contribution in [2.45, 2.75) is 20.5 Å². The van der Waals surface area contributed by atoms with Gasteiger partial charge in [0.05, 0.1) is 23.8 Å². The fraction of sp³-hybridized carbons (Fsp3) is 0.211. The number of Topliss-reactive ketones (excluding diaryl/α,β-unsaturated/α-hetero) is 1. The first-order valence-corrected chi connectivity index (χ1v) is 7.49. The van der Waals surface area contributed by atoms with E-state index >= 15 is 0 Å². The smallest absolute Gasteiger partial charge is 0.338 e. The van der Waals surface area contributed by atoms with Crippen LogP contribution in [0.25, 0.3) is 0 Å². The third-order valence-corrected chi connectivity index (χ3v) is 3.35. The number of hydrogen-bond donors (Lipinski definition) is 0. The van der Waals surface area contributed by atoms with Gasteiger partial charge in [0.15, 0.2) is 5.78 Å². The lowest BCUT2D eigenvalue weighted by Crippen LogP contribution is -2.07. The fourth-order valence-electron chi connectivity index (χ4n) is 2.15. The molecule has 0 radical (unpaired) electrons. The Labute approximate surface area is 140 Å². The van der Waals surface area contributed by atoms with Gasteiger partial charge in [-0.3, -0.25) is 4.79 Å². The Morgan fingerprint density at radius 2 is 1.92 bits per heavy atom. The fourth-order valence-corrected chi connectivity index (χ4v) is 2.15. The number of rotatable bonds is 6. The van der Waals surface area contributed by atoms with E-state index in [0.29, 0.717) is 34.6 Å². The third kappa shape index (κ3) is 4.20. The van der Waals surface area contributed by atoms with Gasteiger partial charge in [0.2, 0.25) is 0 Å². The minimum Gasteiger partial charge on any atom is -0.493 e. The summed E-state index contributed by atoms with van der Waals surface area (Å²) in [6.07, 6.45) is 0. The average molecular weight is 323 g/mol. The lowest BCUT2D eigenvalue weighted by Gasteiger charge is -2.12. The van der Waals surface area contributed by atoms with Crippen LogP contribution >= 0.6 is 0 Å². The molecule has 0 bridgehead atoms. The van der Waals surface area contributed by atoms with E-state index in [1.807, 2.05) is 13.0 Å². The molecule has 0 saturated heterocycles. The zero-order chi connectivity index (χ0) is 17.5. The van der Waals surface area contributed by atoms with Crippen molar-refractivity contribution in [3.63, 3.8) is 0 Å². The molecule has 0 spiro atoms. The highest BCUT2D eigenvalue weighted by Gasteiger charge is 2.12. The van der Waals surface area contributed by atoms with Crippen molar-refractivity contribution in [3.05, 3.63) is 64.7 Å². The Morgan fingerprint density at radius 3 is 2.58 bits per heavy atom. The molecule has 2 aromatic carbocycles. The van der Waals surface area contributed by atoms with Gasteiger partial charge in [0, 0.05) is 11.1 Å². The van der Waals surface area contributed by atoms with Crippen molar-refractivity contribution in [3.8, 4) is 11.8 Å². The van der Waals surface area contributed by atoms with Crippen molar-refractivity contribution >= 4 is 11.8 Å². The van der Waals surface area contributed by atoms with E-state index in [1.165, 1.54) is 13.0 Å². The normalized spacial score (nSPS) is 9.88. The number of esters is 1. The van der Waals surface area contributed by atoms with Crippen molar-refractivity contribution in [2.24, 2.45) is 0 Å². The van der Waals surface area contributed by atoms with Crippen LogP contribution in [0.2, 0.25) is 0 Å². The summed E-state index contributed by atoms with van der Waals surface area (Å²) in [5.41, 5.74) is 1.83. The van der Waals surface area contributed by atoms with Gasteiger partial charge in [-0.1, -0.05) is 6.07 Å². The Kier molecular flexibility index (Phi) is 5.69. The topological polar surface area (TPSA) is 76.4 Å². The maximum atomic E-state index is 12.1. The minimum atomic E-state index is -0.539. The zero-order valence-electron chi connectivity index (χ0n) is 13.5. The average Bonchev–Trinajstić information content (AvgIpc) is 2.60. The van der Waals surface area contributed by atoms with Crippen molar-refractivity contribution in [1.29, 1.82) is 5.26 Å². The number of nitriles is 1. The molecule has 0 saturated carbocycles. The lowest BCUT2D eigenvalue weighted by molar-refractivity contribution is 0.0469. The zero-order valence-corrected chi connectivity index (χ0v) is 13.5. The molecule has 0 heterocycles. The van der Waals surface area contributed by atoms with Gasteiger partial charge in [-0.15, -0.1) is 0 Å². The van der Waals surface area contributed by atoms with Crippen LogP contribution in [0.5, 0.6) is 5.75 Å². The Morgan fingerprint density at radius 1 is 1.12 bits per heavy atom. The highest BCUT2D eigenvalue weighted by atomic mass is 16.5. The molecule has 2 aromatic rings. The molecule has 5 heteroatoms. The molecule has 0 aliphatic heterocycles. The number of ketones is 1. The summed E-state index contributed by atoms with van der Waals surface area (Å²) in [6, 6.07) is 13.3. The molecule has 0 aromatic heterocycles. The van der Waals surface area contributed by atoms with E-state index < -0.39 is 5.97 Å². The first kappa shape index (κ1) is 17.2. The molecule has 0 aliphatic carbocycles. The van der Waals surface area contributed by atoms with Gasteiger partial charge < -0.3 is 9.47 Å². The van der Waals surface area contributed by atoms with Crippen molar-refractivity contribution < 1.29 is 19.1 Å². The van der Waals surface area contributed by atoms with E-state index in [9.17, 15) is 9.59 Å². The van der Waals surface area contributed by atoms with Crippen LogP contribution < -0.4 is 4.74 Å². The lowest BCUT2D eigenvalue weighted by atomic mass is 10.1. The first-order valence-electron chi connectivity index (χ1n) is 7.49. The predicted molar refractivity (Wildman–Crippen MR) is 87.9 cm³/mol. The molecule has 5 nitrogen and oxygen atoms in total. The van der Waals surface area contributed by atoms with Crippen LogP contribution in [0.3, 0.4) is 0 Å². The standard InChI is InChI=1S/C19H17NO4/c1-3-23-18-8-7-15(13(2)21)10-17(18)12-24-19(22)16-6-4-5-14(9-16)11-20/h4-10H,3,12H2,1-2H3. The molecule has 0 unspecified atom stereocenters. The first-order chi connectivity index (χ1) is 11.5. The second-order valence-corrected chi connectivity index (χ2v) is 5.08. The number of nitrogens with zero attached hydrogens (tertiary/aromatic N) is 1. The van der Waals surface area contributed by atoms with Crippen LogP contribution in [0, 0.1) is 11.3 Å². The van der Waals surface area contributed by atoms with Crippen molar-refractivity contribution in [2.75, 3.05) is 6.61 Å². The van der Waals surface area contributed by atoms with E-state index in [4.69, 9.17) is 14.7 Å².